The minimum atomic E-state index is -3.62. The highest BCUT2D eigenvalue weighted by atomic mass is 32.2. The van der Waals surface area contributed by atoms with Crippen LogP contribution in [0.1, 0.15) is 35.8 Å². The van der Waals surface area contributed by atoms with Gasteiger partial charge < -0.3 is 0 Å². The summed E-state index contributed by atoms with van der Waals surface area (Å²) in [4.78, 5) is 38.2. The van der Waals surface area contributed by atoms with Crippen LogP contribution in [-0.2, 0) is 21.4 Å². The van der Waals surface area contributed by atoms with Crippen LogP contribution in [0.4, 0.5) is 0 Å². The van der Waals surface area contributed by atoms with Crippen molar-refractivity contribution >= 4 is 32.6 Å². The molecular weight excluding hydrogens is 470 g/mol. The molecule has 2 N–H and O–H groups in total. The van der Waals surface area contributed by atoms with Crippen molar-refractivity contribution in [2.75, 3.05) is 13.1 Å². The van der Waals surface area contributed by atoms with Gasteiger partial charge in [-0.1, -0.05) is 35.9 Å². The summed E-state index contributed by atoms with van der Waals surface area (Å²) in [5.74, 6) is -1.50. The number of hydrogen-bond acceptors (Lipinski definition) is 6. The van der Waals surface area contributed by atoms with Crippen LogP contribution >= 0.6 is 0 Å². The highest BCUT2D eigenvalue weighted by Crippen LogP contribution is 2.24. The van der Waals surface area contributed by atoms with E-state index in [1.54, 1.807) is 55.5 Å². The van der Waals surface area contributed by atoms with E-state index < -0.39 is 27.8 Å². The van der Waals surface area contributed by atoms with Gasteiger partial charge in [0.15, 0.2) is 5.69 Å². The second-order valence-corrected chi connectivity index (χ2v) is 10.4. The molecule has 0 spiro atoms. The Morgan fingerprint density at radius 2 is 1.63 bits per heavy atom. The van der Waals surface area contributed by atoms with E-state index in [0.717, 1.165) is 5.56 Å². The summed E-state index contributed by atoms with van der Waals surface area (Å²) < 4.78 is 28.3. The number of carbonyl (C=O) groups is 2. The molecule has 35 heavy (non-hydrogen) atoms. The number of rotatable bonds is 5. The third-order valence-electron chi connectivity index (χ3n) is 6.17. The van der Waals surface area contributed by atoms with Gasteiger partial charge in [0.1, 0.15) is 0 Å². The summed E-state index contributed by atoms with van der Waals surface area (Å²) in [5, 5.41) is 4.90. The maximum absolute atomic E-state index is 12.9. The number of carbonyl (C=O) groups excluding carboxylic acids is 2. The fraction of sp³-hybridized carbons (Fsp3) is 0.333. The van der Waals surface area contributed by atoms with Crippen LogP contribution in [0, 0.1) is 12.8 Å². The van der Waals surface area contributed by atoms with Crippen LogP contribution < -0.4 is 16.4 Å². The molecule has 0 bridgehead atoms. The lowest BCUT2D eigenvalue weighted by molar-refractivity contribution is -0.126. The minimum Gasteiger partial charge on any atom is -0.273 e. The van der Waals surface area contributed by atoms with Crippen molar-refractivity contribution in [2.45, 2.75) is 38.1 Å². The first-order chi connectivity index (χ1) is 16.7. The second-order valence-electron chi connectivity index (χ2n) is 8.45. The lowest BCUT2D eigenvalue weighted by Gasteiger charge is -2.30. The lowest BCUT2D eigenvalue weighted by Crippen LogP contribution is -2.48. The van der Waals surface area contributed by atoms with Crippen molar-refractivity contribution in [1.82, 2.24) is 24.9 Å². The quantitative estimate of drug-likeness (QED) is 0.515. The standard InChI is InChI=1S/C24H27N5O5S/c1-3-29-24(32)20-7-5-4-6-19(20)21(27-29)23(31)26-25-22(30)17-12-14-28(15-13-17)35(33,34)18-10-8-16(2)9-11-18/h4-11,17H,3,12-15H2,1-2H3,(H,25,30)(H,26,31). The molecule has 1 aromatic heterocycles. The van der Waals surface area contributed by atoms with Crippen LogP contribution in [0.3, 0.4) is 0 Å². The Kier molecular flexibility index (Phi) is 6.99. The van der Waals surface area contributed by atoms with Gasteiger partial charge in [-0.25, -0.2) is 13.1 Å². The van der Waals surface area contributed by atoms with Crippen LogP contribution in [0.2, 0.25) is 0 Å². The molecule has 0 unspecified atom stereocenters. The molecule has 3 aromatic rings. The minimum absolute atomic E-state index is 0.0290. The van der Waals surface area contributed by atoms with E-state index in [-0.39, 0.29) is 29.2 Å². The number of sulfonamides is 1. The fourth-order valence-corrected chi connectivity index (χ4v) is 5.58. The average Bonchev–Trinajstić information content (AvgIpc) is 2.88. The van der Waals surface area contributed by atoms with Crippen molar-refractivity contribution in [2.24, 2.45) is 5.92 Å². The summed E-state index contributed by atoms with van der Waals surface area (Å²) in [7, 11) is -3.62. The number of amides is 2. The molecule has 1 saturated heterocycles. The molecule has 184 valence electrons. The fourth-order valence-electron chi connectivity index (χ4n) is 4.11. The van der Waals surface area contributed by atoms with Crippen LogP contribution in [0.15, 0.2) is 58.2 Å². The van der Waals surface area contributed by atoms with E-state index in [0.29, 0.717) is 30.2 Å². The maximum atomic E-state index is 12.9. The topological polar surface area (TPSA) is 130 Å². The molecule has 0 radical (unpaired) electrons. The summed E-state index contributed by atoms with van der Waals surface area (Å²) in [5.41, 5.74) is 5.51. The Morgan fingerprint density at radius 1 is 1.00 bits per heavy atom. The highest BCUT2D eigenvalue weighted by molar-refractivity contribution is 7.89. The summed E-state index contributed by atoms with van der Waals surface area (Å²) >= 11 is 0. The largest absolute Gasteiger partial charge is 0.290 e. The molecule has 11 heteroatoms. The molecule has 10 nitrogen and oxygen atoms in total. The van der Waals surface area contributed by atoms with Gasteiger partial charge in [0.2, 0.25) is 15.9 Å². The van der Waals surface area contributed by atoms with E-state index in [1.165, 1.54) is 8.99 Å². The number of nitrogens with zero attached hydrogens (tertiary/aromatic N) is 3. The van der Waals surface area contributed by atoms with Gasteiger partial charge in [-0.15, -0.1) is 0 Å². The molecule has 1 fully saturated rings. The Balaban J connectivity index is 1.39. The predicted octanol–water partition coefficient (Wildman–Crippen LogP) is 1.59. The number of nitrogens with one attached hydrogen (secondary N) is 2. The molecule has 2 amide bonds. The molecule has 4 rings (SSSR count). The van der Waals surface area contributed by atoms with Gasteiger partial charge in [-0.05, 0) is 44.9 Å². The zero-order chi connectivity index (χ0) is 25.2. The molecule has 0 atom stereocenters. The van der Waals surface area contributed by atoms with Gasteiger partial charge in [0.05, 0.1) is 10.3 Å². The van der Waals surface area contributed by atoms with Crippen molar-refractivity contribution < 1.29 is 18.0 Å². The molecule has 0 aliphatic carbocycles. The first kappa shape index (κ1) is 24.6. The SMILES string of the molecule is CCn1nc(C(=O)NNC(=O)C2CCN(S(=O)(=O)c3ccc(C)cc3)CC2)c2ccccc2c1=O. The van der Waals surface area contributed by atoms with Crippen molar-refractivity contribution in [3.05, 3.63) is 70.1 Å². The number of piperidine rings is 1. The number of hydrazine groups is 1. The number of benzene rings is 2. The second kappa shape index (κ2) is 9.96. The van der Waals surface area contributed by atoms with E-state index in [2.05, 4.69) is 16.0 Å². The van der Waals surface area contributed by atoms with E-state index in [9.17, 15) is 22.8 Å². The molecule has 0 saturated carbocycles. The van der Waals surface area contributed by atoms with Gasteiger partial charge in [-0.2, -0.15) is 9.40 Å². The summed E-state index contributed by atoms with van der Waals surface area (Å²) in [6.07, 6.45) is 0.656. The van der Waals surface area contributed by atoms with Crippen molar-refractivity contribution in [1.29, 1.82) is 0 Å². The molecule has 2 aromatic carbocycles. The van der Waals surface area contributed by atoms with E-state index in [4.69, 9.17) is 0 Å². The predicted molar refractivity (Wildman–Crippen MR) is 130 cm³/mol. The zero-order valence-electron chi connectivity index (χ0n) is 19.5. The summed E-state index contributed by atoms with van der Waals surface area (Å²) in [6.45, 7) is 4.34. The molecule has 1 aliphatic heterocycles. The maximum Gasteiger partial charge on any atom is 0.290 e. The van der Waals surface area contributed by atoms with Crippen LogP contribution in [-0.4, -0.2) is 47.4 Å². The number of hydrogen-bond donors (Lipinski definition) is 2. The highest BCUT2D eigenvalue weighted by Gasteiger charge is 2.32. The monoisotopic (exact) mass is 497 g/mol. The smallest absolute Gasteiger partial charge is 0.273 e. The van der Waals surface area contributed by atoms with Gasteiger partial charge >= 0.3 is 0 Å². The van der Waals surface area contributed by atoms with E-state index >= 15 is 0 Å². The van der Waals surface area contributed by atoms with Crippen molar-refractivity contribution in [3.8, 4) is 0 Å². The summed E-state index contributed by atoms with van der Waals surface area (Å²) in [6, 6.07) is 13.3. The first-order valence-corrected chi connectivity index (χ1v) is 12.8. The van der Waals surface area contributed by atoms with Crippen LogP contribution in [0.5, 0.6) is 0 Å². The third-order valence-corrected chi connectivity index (χ3v) is 8.08. The zero-order valence-corrected chi connectivity index (χ0v) is 20.3. The number of aryl methyl sites for hydroxylation is 2. The number of fused-ring (bicyclic) bond motifs is 1. The first-order valence-electron chi connectivity index (χ1n) is 11.4. The molecule has 1 aliphatic rings. The number of aromatic nitrogens is 2. The average molecular weight is 498 g/mol. The van der Waals surface area contributed by atoms with Gasteiger partial charge in [0, 0.05) is 30.9 Å². The Hall–Kier alpha value is -3.57. The Morgan fingerprint density at radius 3 is 2.26 bits per heavy atom. The van der Waals surface area contributed by atoms with E-state index in [1.807, 2.05) is 6.92 Å². The van der Waals surface area contributed by atoms with Crippen molar-refractivity contribution in [3.63, 3.8) is 0 Å². The molecule has 2 heterocycles. The van der Waals surface area contributed by atoms with Gasteiger partial charge in [0.25, 0.3) is 11.5 Å². The molecular formula is C24H27N5O5S. The normalized spacial score (nSPS) is 15.1. The lowest BCUT2D eigenvalue weighted by atomic mass is 9.98. The van der Waals surface area contributed by atoms with Crippen LogP contribution in [0.25, 0.3) is 10.8 Å². The Bertz CT molecular complexity index is 1420. The third kappa shape index (κ3) is 4.96. The van der Waals surface area contributed by atoms with Gasteiger partial charge in [-0.3, -0.25) is 25.2 Å². The Labute approximate surface area is 203 Å².